The number of imidazole rings is 1. The number of H-pyrrole nitrogens is 1. The summed E-state index contributed by atoms with van der Waals surface area (Å²) in [5.74, 6) is 0.341. The third-order valence-corrected chi connectivity index (χ3v) is 5.86. The monoisotopic (exact) mass is 432 g/mol. The number of methoxy groups -OCH3 is 1. The van der Waals surface area contributed by atoms with Crippen molar-refractivity contribution in [1.82, 2.24) is 15.0 Å². The highest BCUT2D eigenvalue weighted by Crippen LogP contribution is 2.31. The number of hydrogen-bond acceptors (Lipinski definition) is 7. The number of benzene rings is 1. The molecule has 0 saturated carbocycles. The summed E-state index contributed by atoms with van der Waals surface area (Å²) < 4.78 is 10.1. The number of carbonyl (C=O) groups is 1. The van der Waals surface area contributed by atoms with E-state index in [0.29, 0.717) is 33.7 Å². The molecule has 7 nitrogen and oxygen atoms in total. The smallest absolute Gasteiger partial charge is 0.306 e. The number of pyridine rings is 1. The lowest BCUT2D eigenvalue weighted by Gasteiger charge is -2.28. The van der Waals surface area contributed by atoms with E-state index < -0.39 is 0 Å². The van der Waals surface area contributed by atoms with Gasteiger partial charge in [0.25, 0.3) is 0 Å². The standard InChI is InChI=1S/C20H21ClN4O3S/c1-27-17(26)6-11-29-20-22-16-12-15(21)18(23-19(16)24-20)13-2-4-14(5-3-13)25-7-9-28-10-8-25/h2-5,12H,6-11H2,1H3,(H,22,23,24). The number of fused-ring (bicyclic) bond motifs is 1. The number of morpholine rings is 1. The summed E-state index contributed by atoms with van der Waals surface area (Å²) in [4.78, 5) is 25.9. The van der Waals surface area contributed by atoms with E-state index in [0.717, 1.165) is 37.4 Å². The fraction of sp³-hybridized carbons (Fsp3) is 0.350. The molecule has 4 rings (SSSR count). The van der Waals surface area contributed by atoms with Crippen molar-refractivity contribution in [3.8, 4) is 11.3 Å². The first-order valence-electron chi connectivity index (χ1n) is 9.33. The van der Waals surface area contributed by atoms with Crippen molar-refractivity contribution >= 4 is 46.2 Å². The normalized spacial score (nSPS) is 14.3. The predicted molar refractivity (Wildman–Crippen MR) is 115 cm³/mol. The number of aromatic nitrogens is 3. The second-order valence-electron chi connectivity index (χ2n) is 6.55. The molecule has 29 heavy (non-hydrogen) atoms. The number of hydrogen-bond donors (Lipinski definition) is 1. The molecule has 1 fully saturated rings. The molecule has 1 N–H and O–H groups in total. The maximum Gasteiger partial charge on any atom is 0.306 e. The summed E-state index contributed by atoms with van der Waals surface area (Å²) in [5.41, 5.74) is 4.17. The van der Waals surface area contributed by atoms with Crippen molar-refractivity contribution in [1.29, 1.82) is 0 Å². The van der Waals surface area contributed by atoms with Gasteiger partial charge in [0.15, 0.2) is 10.8 Å². The number of aromatic amines is 1. The molecule has 0 bridgehead atoms. The van der Waals surface area contributed by atoms with Gasteiger partial charge in [-0.2, -0.15) is 0 Å². The lowest BCUT2D eigenvalue weighted by atomic mass is 10.1. The van der Waals surface area contributed by atoms with Gasteiger partial charge in [0, 0.05) is 30.1 Å². The number of nitrogens with zero attached hydrogens (tertiary/aromatic N) is 3. The predicted octanol–water partition coefficient (Wildman–Crippen LogP) is 3.77. The Morgan fingerprint density at radius 3 is 2.76 bits per heavy atom. The molecule has 2 aromatic heterocycles. The number of ether oxygens (including phenoxy) is 2. The van der Waals surface area contributed by atoms with Gasteiger partial charge in [-0.15, -0.1) is 0 Å². The second kappa shape index (κ2) is 9.02. The first kappa shape index (κ1) is 20.0. The van der Waals surface area contributed by atoms with Crippen molar-refractivity contribution in [2.75, 3.05) is 44.1 Å². The van der Waals surface area contributed by atoms with E-state index >= 15 is 0 Å². The molecule has 0 atom stereocenters. The second-order valence-corrected chi connectivity index (χ2v) is 8.04. The Morgan fingerprint density at radius 2 is 2.03 bits per heavy atom. The van der Waals surface area contributed by atoms with Gasteiger partial charge in [0.1, 0.15) is 0 Å². The number of anilines is 1. The van der Waals surface area contributed by atoms with E-state index in [4.69, 9.17) is 16.3 Å². The summed E-state index contributed by atoms with van der Waals surface area (Å²) >= 11 is 7.94. The van der Waals surface area contributed by atoms with E-state index in [1.165, 1.54) is 24.6 Å². The molecule has 0 unspecified atom stereocenters. The molecule has 0 aliphatic carbocycles. The quantitative estimate of drug-likeness (QED) is 0.469. The highest BCUT2D eigenvalue weighted by Gasteiger charge is 2.14. The van der Waals surface area contributed by atoms with Gasteiger partial charge in [-0.1, -0.05) is 35.5 Å². The minimum absolute atomic E-state index is 0.238. The van der Waals surface area contributed by atoms with E-state index in [1.807, 2.05) is 18.2 Å². The molecule has 0 amide bonds. The molecule has 1 aromatic carbocycles. The zero-order valence-corrected chi connectivity index (χ0v) is 17.6. The molecule has 1 aliphatic rings. The number of thioether (sulfide) groups is 1. The topological polar surface area (TPSA) is 80.3 Å². The van der Waals surface area contributed by atoms with Crippen LogP contribution in [0.4, 0.5) is 5.69 Å². The summed E-state index contributed by atoms with van der Waals surface area (Å²) in [6, 6.07) is 10.1. The molecule has 3 heterocycles. The molecule has 3 aromatic rings. The maximum atomic E-state index is 11.2. The van der Waals surface area contributed by atoms with Gasteiger partial charge in [-0.25, -0.2) is 9.97 Å². The van der Waals surface area contributed by atoms with E-state index in [1.54, 1.807) is 0 Å². The zero-order valence-electron chi connectivity index (χ0n) is 16.0. The minimum Gasteiger partial charge on any atom is -0.469 e. The number of esters is 1. The Balaban J connectivity index is 1.52. The van der Waals surface area contributed by atoms with Crippen LogP contribution in [0, 0.1) is 0 Å². The van der Waals surface area contributed by atoms with Gasteiger partial charge < -0.3 is 19.4 Å². The Labute approximate surface area is 177 Å². The van der Waals surface area contributed by atoms with Crippen LogP contribution in [0.2, 0.25) is 5.02 Å². The molecule has 1 saturated heterocycles. The number of rotatable bonds is 6. The summed E-state index contributed by atoms with van der Waals surface area (Å²) in [5, 5.41) is 1.26. The molecule has 1 aliphatic heterocycles. The third-order valence-electron chi connectivity index (χ3n) is 4.69. The van der Waals surface area contributed by atoms with Crippen LogP contribution >= 0.6 is 23.4 Å². The fourth-order valence-corrected chi connectivity index (χ4v) is 4.21. The van der Waals surface area contributed by atoms with Gasteiger partial charge in [0.2, 0.25) is 0 Å². The van der Waals surface area contributed by atoms with E-state index in [9.17, 15) is 4.79 Å². The SMILES string of the molecule is COC(=O)CCSc1nc2nc(-c3ccc(N4CCOCC4)cc3)c(Cl)cc2[nH]1. The lowest BCUT2D eigenvalue weighted by molar-refractivity contribution is -0.140. The summed E-state index contributed by atoms with van der Waals surface area (Å²) in [6.45, 7) is 3.30. The summed E-state index contributed by atoms with van der Waals surface area (Å²) in [7, 11) is 1.38. The first-order valence-corrected chi connectivity index (χ1v) is 10.7. The average molecular weight is 433 g/mol. The number of halogens is 1. The van der Waals surface area contributed by atoms with Crippen LogP contribution in [0.5, 0.6) is 0 Å². The highest BCUT2D eigenvalue weighted by molar-refractivity contribution is 7.99. The third kappa shape index (κ3) is 4.66. The highest BCUT2D eigenvalue weighted by atomic mass is 35.5. The largest absolute Gasteiger partial charge is 0.469 e. The molecule has 0 radical (unpaired) electrons. The van der Waals surface area contributed by atoms with E-state index in [2.05, 4.69) is 36.7 Å². The van der Waals surface area contributed by atoms with Crippen molar-refractivity contribution < 1.29 is 14.3 Å². The van der Waals surface area contributed by atoms with Crippen molar-refractivity contribution in [3.05, 3.63) is 35.4 Å². The molecular formula is C20H21ClN4O3S. The van der Waals surface area contributed by atoms with E-state index in [-0.39, 0.29) is 5.97 Å². The van der Waals surface area contributed by atoms with Crippen LogP contribution < -0.4 is 4.90 Å². The first-order chi connectivity index (χ1) is 14.1. The minimum atomic E-state index is -0.238. The van der Waals surface area contributed by atoms with Gasteiger partial charge in [0.05, 0.1) is 43.0 Å². The maximum absolute atomic E-state index is 11.2. The number of carbonyl (C=O) groups excluding carboxylic acids is 1. The van der Waals surface area contributed by atoms with Crippen LogP contribution in [-0.4, -0.2) is 60.1 Å². The Morgan fingerprint density at radius 1 is 1.28 bits per heavy atom. The molecular weight excluding hydrogens is 412 g/mol. The van der Waals surface area contributed by atoms with Gasteiger partial charge >= 0.3 is 5.97 Å². The van der Waals surface area contributed by atoms with Crippen LogP contribution in [0.15, 0.2) is 35.5 Å². The average Bonchev–Trinajstić information content (AvgIpc) is 3.15. The summed E-state index contributed by atoms with van der Waals surface area (Å²) in [6.07, 6.45) is 0.327. The Hall–Kier alpha value is -2.29. The number of nitrogens with one attached hydrogen (secondary N) is 1. The van der Waals surface area contributed by atoms with Gasteiger partial charge in [-0.05, 0) is 18.2 Å². The van der Waals surface area contributed by atoms with Crippen LogP contribution in [0.1, 0.15) is 6.42 Å². The Bertz CT molecular complexity index is 1000. The van der Waals surface area contributed by atoms with Gasteiger partial charge in [-0.3, -0.25) is 4.79 Å². The van der Waals surface area contributed by atoms with Crippen molar-refractivity contribution in [3.63, 3.8) is 0 Å². The molecule has 152 valence electrons. The Kier molecular flexibility index (Phi) is 6.22. The fourth-order valence-electron chi connectivity index (χ4n) is 3.15. The van der Waals surface area contributed by atoms with Crippen molar-refractivity contribution in [2.45, 2.75) is 11.6 Å². The van der Waals surface area contributed by atoms with Crippen molar-refractivity contribution in [2.24, 2.45) is 0 Å². The zero-order chi connectivity index (χ0) is 20.2. The van der Waals surface area contributed by atoms with Crippen LogP contribution in [-0.2, 0) is 14.3 Å². The lowest BCUT2D eigenvalue weighted by Crippen LogP contribution is -2.36. The molecule has 9 heteroatoms. The van der Waals surface area contributed by atoms with Crippen LogP contribution in [0.3, 0.4) is 0 Å². The van der Waals surface area contributed by atoms with Crippen LogP contribution in [0.25, 0.3) is 22.4 Å². The molecule has 0 spiro atoms.